The summed E-state index contributed by atoms with van der Waals surface area (Å²) in [5, 5.41) is 6.43. The molecule has 92 valence electrons. The van der Waals surface area contributed by atoms with E-state index in [0.29, 0.717) is 11.6 Å². The summed E-state index contributed by atoms with van der Waals surface area (Å²) in [4.78, 5) is 32.2. The van der Waals surface area contributed by atoms with E-state index >= 15 is 0 Å². The normalized spacial score (nSPS) is 16.2. The molecule has 2 aromatic rings. The second-order valence-corrected chi connectivity index (χ2v) is 4.12. The van der Waals surface area contributed by atoms with Crippen molar-refractivity contribution in [3.05, 3.63) is 17.5 Å². The van der Waals surface area contributed by atoms with Gasteiger partial charge in [0.05, 0.1) is 13.1 Å². The fourth-order valence-corrected chi connectivity index (χ4v) is 1.97. The molecule has 18 heavy (non-hydrogen) atoms. The van der Waals surface area contributed by atoms with E-state index in [1.54, 1.807) is 4.90 Å². The van der Waals surface area contributed by atoms with Crippen LogP contribution in [0.25, 0.3) is 5.78 Å². The summed E-state index contributed by atoms with van der Waals surface area (Å²) >= 11 is 5.87. The van der Waals surface area contributed by atoms with Gasteiger partial charge in [0, 0.05) is 6.07 Å². The highest BCUT2D eigenvalue weighted by Gasteiger charge is 2.25. The Balaban J connectivity index is 2.10. The quantitative estimate of drug-likeness (QED) is 0.539. The molecule has 0 radical (unpaired) electrons. The van der Waals surface area contributed by atoms with Crippen molar-refractivity contribution in [1.29, 1.82) is 0 Å². The third-order valence-corrected chi connectivity index (χ3v) is 2.67. The third kappa shape index (κ3) is 1.76. The van der Waals surface area contributed by atoms with Crippen LogP contribution in [0, 0.1) is 0 Å². The second kappa shape index (κ2) is 3.91. The molecular weight excluding hydrogens is 260 g/mol. The maximum absolute atomic E-state index is 11.3. The predicted octanol–water partition coefficient (Wildman–Crippen LogP) is -0.760. The fraction of sp³-hybridized carbons (Fsp3) is 0.222. The molecule has 0 bridgehead atoms. The lowest BCUT2D eigenvalue weighted by Crippen LogP contribution is -2.52. The van der Waals surface area contributed by atoms with E-state index in [1.807, 2.05) is 0 Å². The van der Waals surface area contributed by atoms with Gasteiger partial charge >= 0.3 is 0 Å². The van der Waals surface area contributed by atoms with Crippen LogP contribution in [-0.4, -0.2) is 44.5 Å². The third-order valence-electron chi connectivity index (χ3n) is 2.47. The lowest BCUT2D eigenvalue weighted by atomic mass is 10.3. The van der Waals surface area contributed by atoms with E-state index in [0.717, 1.165) is 0 Å². The molecule has 1 fully saturated rings. The minimum atomic E-state index is -0.368. The van der Waals surface area contributed by atoms with Crippen molar-refractivity contribution < 1.29 is 9.59 Å². The summed E-state index contributed by atoms with van der Waals surface area (Å²) in [6.45, 7) is 0.113. The van der Waals surface area contributed by atoms with Gasteiger partial charge in [-0.25, -0.2) is 0 Å². The van der Waals surface area contributed by atoms with E-state index < -0.39 is 0 Å². The monoisotopic (exact) mass is 266 g/mol. The number of carbonyl (C=O) groups excluding carboxylic acids is 2. The topological polar surface area (TPSA) is 92.5 Å². The van der Waals surface area contributed by atoms with Crippen molar-refractivity contribution in [2.24, 2.45) is 0 Å². The number of piperazine rings is 1. The Morgan fingerprint density at radius 3 is 2.72 bits per heavy atom. The van der Waals surface area contributed by atoms with Gasteiger partial charge in [0.1, 0.15) is 17.3 Å². The van der Waals surface area contributed by atoms with Crippen LogP contribution >= 0.6 is 11.6 Å². The second-order valence-electron chi connectivity index (χ2n) is 3.74. The first-order valence-electron chi connectivity index (χ1n) is 5.07. The molecule has 2 aromatic heterocycles. The molecule has 1 N–H and O–H groups in total. The standard InChI is InChI=1S/C9H7ClN6O2/c10-5-1-8(16-9(13-5)11-4-12-16)15-2-6(17)14-7(18)3-15/h1,4H,2-3H2,(H,14,17,18). The predicted molar refractivity (Wildman–Crippen MR) is 61.2 cm³/mol. The van der Waals surface area contributed by atoms with Crippen LogP contribution in [-0.2, 0) is 9.59 Å². The highest BCUT2D eigenvalue weighted by atomic mass is 35.5. The van der Waals surface area contributed by atoms with Gasteiger partial charge in [0.15, 0.2) is 0 Å². The van der Waals surface area contributed by atoms with Crippen LogP contribution in [0.3, 0.4) is 0 Å². The van der Waals surface area contributed by atoms with Gasteiger partial charge in [-0.1, -0.05) is 11.6 Å². The van der Waals surface area contributed by atoms with E-state index in [1.165, 1.54) is 16.9 Å². The van der Waals surface area contributed by atoms with Crippen LogP contribution in [0.4, 0.5) is 5.82 Å². The zero-order valence-electron chi connectivity index (χ0n) is 9.00. The maximum atomic E-state index is 11.3. The van der Waals surface area contributed by atoms with Crippen LogP contribution < -0.4 is 10.2 Å². The number of hydrogen-bond donors (Lipinski definition) is 1. The number of halogens is 1. The van der Waals surface area contributed by atoms with Gasteiger partial charge in [-0.15, -0.1) is 0 Å². The minimum Gasteiger partial charge on any atom is -0.338 e. The van der Waals surface area contributed by atoms with Crippen LogP contribution in [0.5, 0.6) is 0 Å². The average molecular weight is 267 g/mol. The largest absolute Gasteiger partial charge is 0.338 e. The van der Waals surface area contributed by atoms with Gasteiger partial charge in [0.2, 0.25) is 11.8 Å². The number of anilines is 1. The van der Waals surface area contributed by atoms with E-state index in [9.17, 15) is 9.59 Å². The van der Waals surface area contributed by atoms with Crippen molar-refractivity contribution in [3.63, 3.8) is 0 Å². The molecule has 0 aliphatic carbocycles. The number of carbonyl (C=O) groups is 2. The molecule has 1 saturated heterocycles. The summed E-state index contributed by atoms with van der Waals surface area (Å²) in [5.41, 5.74) is 0. The highest BCUT2D eigenvalue weighted by Crippen LogP contribution is 2.19. The van der Waals surface area contributed by atoms with Gasteiger partial charge in [-0.2, -0.15) is 19.6 Å². The summed E-state index contributed by atoms with van der Waals surface area (Å²) in [7, 11) is 0. The zero-order chi connectivity index (χ0) is 12.7. The lowest BCUT2D eigenvalue weighted by molar-refractivity contribution is -0.130. The van der Waals surface area contributed by atoms with Gasteiger partial charge in [0.25, 0.3) is 5.78 Å². The Labute approximate surface area is 106 Å². The molecule has 3 heterocycles. The van der Waals surface area contributed by atoms with Gasteiger partial charge in [-0.3, -0.25) is 14.9 Å². The van der Waals surface area contributed by atoms with E-state index in [4.69, 9.17) is 11.6 Å². The molecule has 1 aliphatic rings. The first-order valence-corrected chi connectivity index (χ1v) is 5.45. The number of imide groups is 1. The maximum Gasteiger partial charge on any atom is 0.255 e. The zero-order valence-corrected chi connectivity index (χ0v) is 9.76. The fourth-order valence-electron chi connectivity index (χ4n) is 1.79. The van der Waals surface area contributed by atoms with Crippen molar-refractivity contribution in [3.8, 4) is 0 Å². The lowest BCUT2D eigenvalue weighted by Gasteiger charge is -2.27. The Bertz CT molecular complexity index is 638. The number of nitrogens with one attached hydrogen (secondary N) is 1. The summed E-state index contributed by atoms with van der Waals surface area (Å²) in [6.07, 6.45) is 1.33. The first-order chi connectivity index (χ1) is 8.63. The molecule has 0 saturated carbocycles. The van der Waals surface area contributed by atoms with Crippen molar-refractivity contribution in [1.82, 2.24) is 24.9 Å². The summed E-state index contributed by atoms with van der Waals surface area (Å²) in [6, 6.07) is 1.54. The molecule has 0 spiro atoms. The molecule has 3 rings (SSSR count). The van der Waals surface area contributed by atoms with Crippen LogP contribution in [0.1, 0.15) is 0 Å². The number of aromatic nitrogens is 4. The number of rotatable bonds is 1. The molecule has 0 atom stereocenters. The Hall–Kier alpha value is -2.22. The van der Waals surface area contributed by atoms with Crippen molar-refractivity contribution in [2.75, 3.05) is 18.0 Å². The number of amides is 2. The van der Waals surface area contributed by atoms with Gasteiger partial charge in [-0.05, 0) is 0 Å². The number of hydrogen-bond acceptors (Lipinski definition) is 6. The van der Waals surface area contributed by atoms with Crippen molar-refractivity contribution >= 4 is 35.0 Å². The average Bonchev–Trinajstić information content (AvgIpc) is 2.74. The first kappa shape index (κ1) is 10.9. The van der Waals surface area contributed by atoms with Crippen molar-refractivity contribution in [2.45, 2.75) is 0 Å². The number of fused-ring (bicyclic) bond motifs is 1. The Kier molecular flexibility index (Phi) is 2.37. The SMILES string of the molecule is O=C1CN(c2cc(Cl)nc3ncnn23)CC(=O)N1. The van der Waals surface area contributed by atoms with Crippen LogP contribution in [0.15, 0.2) is 12.4 Å². The summed E-state index contributed by atoms with van der Waals surface area (Å²) < 4.78 is 1.43. The van der Waals surface area contributed by atoms with Gasteiger partial charge < -0.3 is 4.90 Å². The minimum absolute atomic E-state index is 0.0566. The molecule has 9 heteroatoms. The molecule has 1 aliphatic heterocycles. The smallest absolute Gasteiger partial charge is 0.255 e. The molecule has 0 aromatic carbocycles. The van der Waals surface area contributed by atoms with E-state index in [-0.39, 0.29) is 30.1 Å². The number of nitrogens with zero attached hydrogens (tertiary/aromatic N) is 5. The molecule has 2 amide bonds. The van der Waals surface area contributed by atoms with Crippen LogP contribution in [0.2, 0.25) is 5.15 Å². The highest BCUT2D eigenvalue weighted by molar-refractivity contribution is 6.29. The van der Waals surface area contributed by atoms with E-state index in [2.05, 4.69) is 20.4 Å². The molecule has 8 nitrogen and oxygen atoms in total. The Morgan fingerprint density at radius 1 is 1.28 bits per heavy atom. The molecule has 0 unspecified atom stereocenters. The molecular formula is C9H7ClN6O2. The Morgan fingerprint density at radius 2 is 2.00 bits per heavy atom. The summed E-state index contributed by atoms with van der Waals surface area (Å²) in [5.74, 6) is 0.0848.